The molecule has 0 saturated carbocycles. The van der Waals surface area contributed by atoms with Gasteiger partial charge in [-0.05, 0) is 40.0 Å². The van der Waals surface area contributed by atoms with Gasteiger partial charge in [-0.15, -0.1) is 0 Å². The minimum absolute atomic E-state index is 0.878. The van der Waals surface area contributed by atoms with Gasteiger partial charge in [0.15, 0.2) is 0 Å². The van der Waals surface area contributed by atoms with Crippen molar-refractivity contribution in [2.24, 2.45) is 0 Å². The Labute approximate surface area is 71.0 Å². The van der Waals surface area contributed by atoms with E-state index in [4.69, 9.17) is 0 Å². The van der Waals surface area contributed by atoms with Gasteiger partial charge in [0.2, 0.25) is 0 Å². The number of likely N-dealkylation sites (tertiary alicyclic amines) is 1. The lowest BCUT2D eigenvalue weighted by molar-refractivity contribution is -0.956. The zero-order chi connectivity index (χ0) is 8.48. The van der Waals surface area contributed by atoms with Crippen LogP contribution in [0.5, 0.6) is 0 Å². The lowest BCUT2D eigenvalue weighted by atomic mass is 9.94. The standard InChI is InChI=1S/C10H22N/c1-5-11(4)9(2)7-6-8-10(11)3/h9-10H,5-8H2,1-4H3/q+1/t9-,10-/m0/s1. The fraction of sp³-hybridized carbons (Fsp3) is 1.00. The third-order valence-electron chi connectivity index (χ3n) is 3.94. The lowest BCUT2D eigenvalue weighted by Crippen LogP contribution is -2.58. The summed E-state index contributed by atoms with van der Waals surface area (Å²) in [6, 6.07) is 1.76. The van der Waals surface area contributed by atoms with Crippen LogP contribution >= 0.6 is 0 Å². The van der Waals surface area contributed by atoms with E-state index in [9.17, 15) is 0 Å². The van der Waals surface area contributed by atoms with E-state index in [-0.39, 0.29) is 0 Å². The van der Waals surface area contributed by atoms with Gasteiger partial charge in [0.1, 0.15) is 0 Å². The summed E-state index contributed by atoms with van der Waals surface area (Å²) in [5, 5.41) is 0. The summed E-state index contributed by atoms with van der Waals surface area (Å²) in [5.74, 6) is 0. The summed E-state index contributed by atoms with van der Waals surface area (Å²) in [7, 11) is 2.41. The van der Waals surface area contributed by atoms with Gasteiger partial charge in [0, 0.05) is 0 Å². The molecule has 0 aromatic heterocycles. The third-order valence-corrected chi connectivity index (χ3v) is 3.94. The molecule has 0 aliphatic carbocycles. The van der Waals surface area contributed by atoms with Gasteiger partial charge in [0.05, 0.1) is 25.7 Å². The highest BCUT2D eigenvalue weighted by atomic mass is 15.4. The molecule has 1 saturated heterocycles. The van der Waals surface area contributed by atoms with Crippen LogP contribution in [0.1, 0.15) is 40.0 Å². The maximum absolute atomic E-state index is 2.41. The van der Waals surface area contributed by atoms with E-state index in [0.29, 0.717) is 0 Å². The molecular formula is C10H22N+. The molecule has 0 spiro atoms. The quantitative estimate of drug-likeness (QED) is 0.511. The van der Waals surface area contributed by atoms with Crippen molar-refractivity contribution >= 4 is 0 Å². The Balaban J connectivity index is 2.69. The van der Waals surface area contributed by atoms with E-state index < -0.39 is 0 Å². The van der Waals surface area contributed by atoms with Crippen LogP contribution in [0.25, 0.3) is 0 Å². The van der Waals surface area contributed by atoms with Crippen molar-refractivity contribution in [3.63, 3.8) is 0 Å². The first kappa shape index (κ1) is 9.05. The van der Waals surface area contributed by atoms with E-state index >= 15 is 0 Å². The van der Waals surface area contributed by atoms with E-state index in [1.54, 1.807) is 0 Å². The van der Waals surface area contributed by atoms with Gasteiger partial charge < -0.3 is 4.48 Å². The predicted octanol–water partition coefficient (Wildman–Crippen LogP) is 2.41. The highest BCUT2D eigenvalue weighted by molar-refractivity contribution is 4.66. The Hall–Kier alpha value is -0.0400. The molecule has 0 unspecified atom stereocenters. The van der Waals surface area contributed by atoms with Gasteiger partial charge >= 0.3 is 0 Å². The Bertz CT molecular complexity index is 121. The van der Waals surface area contributed by atoms with Gasteiger partial charge in [-0.1, -0.05) is 0 Å². The summed E-state index contributed by atoms with van der Waals surface area (Å²) in [6.45, 7) is 8.42. The normalized spacial score (nSPS) is 37.1. The number of rotatable bonds is 1. The largest absolute Gasteiger partial charge is 0.322 e. The van der Waals surface area contributed by atoms with Crippen LogP contribution in [0.4, 0.5) is 0 Å². The summed E-state index contributed by atoms with van der Waals surface area (Å²) < 4.78 is 1.29. The highest BCUT2D eigenvalue weighted by Crippen LogP contribution is 2.28. The summed E-state index contributed by atoms with van der Waals surface area (Å²) >= 11 is 0. The van der Waals surface area contributed by atoms with Crippen LogP contribution in [0.15, 0.2) is 0 Å². The third kappa shape index (κ3) is 1.44. The van der Waals surface area contributed by atoms with Crippen LogP contribution in [-0.4, -0.2) is 30.2 Å². The molecule has 66 valence electrons. The molecular weight excluding hydrogens is 134 g/mol. The Morgan fingerprint density at radius 2 is 1.64 bits per heavy atom. The van der Waals surface area contributed by atoms with Gasteiger partial charge in [-0.3, -0.25) is 0 Å². The zero-order valence-electron chi connectivity index (χ0n) is 8.43. The second-order valence-electron chi connectivity index (χ2n) is 4.29. The number of piperidine rings is 1. The number of nitrogens with zero attached hydrogens (tertiary/aromatic N) is 1. The average molecular weight is 156 g/mol. The van der Waals surface area contributed by atoms with Crippen LogP contribution < -0.4 is 0 Å². The second-order valence-corrected chi connectivity index (χ2v) is 4.29. The Kier molecular flexibility index (Phi) is 2.58. The second kappa shape index (κ2) is 3.14. The van der Waals surface area contributed by atoms with E-state index in [2.05, 4.69) is 27.8 Å². The van der Waals surface area contributed by atoms with Crippen molar-refractivity contribution in [3.05, 3.63) is 0 Å². The first-order valence-corrected chi connectivity index (χ1v) is 4.96. The molecule has 1 heteroatoms. The lowest BCUT2D eigenvalue weighted by Gasteiger charge is -2.47. The molecule has 1 aliphatic rings. The molecule has 0 N–H and O–H groups in total. The monoisotopic (exact) mass is 156 g/mol. The molecule has 0 amide bonds. The van der Waals surface area contributed by atoms with E-state index in [1.807, 2.05) is 0 Å². The molecule has 0 aromatic carbocycles. The molecule has 1 nitrogen and oxygen atoms in total. The molecule has 0 bridgehead atoms. The van der Waals surface area contributed by atoms with E-state index in [1.165, 1.54) is 30.3 Å². The van der Waals surface area contributed by atoms with Crippen molar-refractivity contribution in [3.8, 4) is 0 Å². The van der Waals surface area contributed by atoms with Crippen molar-refractivity contribution < 1.29 is 4.48 Å². The average Bonchev–Trinajstić information content (AvgIpc) is 2.00. The number of quaternary nitrogens is 1. The summed E-state index contributed by atoms with van der Waals surface area (Å²) in [6.07, 6.45) is 4.29. The van der Waals surface area contributed by atoms with Gasteiger partial charge in [-0.2, -0.15) is 0 Å². The van der Waals surface area contributed by atoms with Crippen LogP contribution in [0.3, 0.4) is 0 Å². The molecule has 0 radical (unpaired) electrons. The minimum atomic E-state index is 0.878. The molecule has 11 heavy (non-hydrogen) atoms. The SMILES string of the molecule is CC[N+]1(C)[C@@H](C)CCC[C@@H]1C. The summed E-state index contributed by atoms with van der Waals surface area (Å²) in [4.78, 5) is 0. The molecule has 1 rings (SSSR count). The smallest absolute Gasteiger partial charge is 0.0861 e. The fourth-order valence-corrected chi connectivity index (χ4v) is 2.36. The van der Waals surface area contributed by atoms with Gasteiger partial charge in [-0.25, -0.2) is 0 Å². The van der Waals surface area contributed by atoms with Crippen molar-refractivity contribution in [2.75, 3.05) is 13.6 Å². The first-order chi connectivity index (χ1) is 5.11. The Morgan fingerprint density at radius 1 is 1.18 bits per heavy atom. The maximum Gasteiger partial charge on any atom is 0.0861 e. The predicted molar refractivity (Wildman–Crippen MR) is 49.5 cm³/mol. The molecule has 1 heterocycles. The van der Waals surface area contributed by atoms with Crippen LogP contribution in [-0.2, 0) is 0 Å². The molecule has 1 fully saturated rings. The Morgan fingerprint density at radius 3 is 1.91 bits per heavy atom. The zero-order valence-corrected chi connectivity index (χ0v) is 8.43. The van der Waals surface area contributed by atoms with Crippen molar-refractivity contribution in [2.45, 2.75) is 52.1 Å². The fourth-order valence-electron chi connectivity index (χ4n) is 2.36. The van der Waals surface area contributed by atoms with Gasteiger partial charge in [0.25, 0.3) is 0 Å². The highest BCUT2D eigenvalue weighted by Gasteiger charge is 2.36. The molecule has 0 aromatic rings. The van der Waals surface area contributed by atoms with Crippen molar-refractivity contribution in [1.82, 2.24) is 0 Å². The topological polar surface area (TPSA) is 0 Å². The molecule has 2 atom stereocenters. The van der Waals surface area contributed by atoms with Crippen LogP contribution in [0, 0.1) is 0 Å². The van der Waals surface area contributed by atoms with Crippen molar-refractivity contribution in [1.29, 1.82) is 0 Å². The minimum Gasteiger partial charge on any atom is -0.322 e. The first-order valence-electron chi connectivity index (χ1n) is 4.96. The summed E-state index contributed by atoms with van der Waals surface area (Å²) in [5.41, 5.74) is 0. The number of hydrogen-bond acceptors (Lipinski definition) is 0. The number of hydrogen-bond donors (Lipinski definition) is 0. The molecule has 1 aliphatic heterocycles. The maximum atomic E-state index is 2.41. The van der Waals surface area contributed by atoms with E-state index in [0.717, 1.165) is 12.1 Å². The van der Waals surface area contributed by atoms with Crippen LogP contribution in [0.2, 0.25) is 0 Å².